The second-order valence-electron chi connectivity index (χ2n) is 3.27. The predicted molar refractivity (Wildman–Crippen MR) is 56.8 cm³/mol. The number of ether oxygens (including phenoxy) is 2. The average molecular weight is 227 g/mol. The highest BCUT2D eigenvalue weighted by molar-refractivity contribution is 5.83. The molecule has 6 nitrogen and oxygen atoms in total. The van der Waals surface area contributed by atoms with Gasteiger partial charge >= 0.3 is 0 Å². The summed E-state index contributed by atoms with van der Waals surface area (Å²) in [6, 6.07) is 0. The molecule has 0 amide bonds. The molecule has 0 radical (unpaired) electrons. The fraction of sp³-hybridized carbons (Fsp3) is 0.700. The van der Waals surface area contributed by atoms with Crippen molar-refractivity contribution < 1.29 is 14.3 Å². The second kappa shape index (κ2) is 6.34. The van der Waals surface area contributed by atoms with Crippen LogP contribution in [0.25, 0.3) is 0 Å². The highest BCUT2D eigenvalue weighted by Crippen LogP contribution is 2.03. The molecule has 0 N–H and O–H groups in total. The summed E-state index contributed by atoms with van der Waals surface area (Å²) in [6.07, 6.45) is 1.09. The number of aromatic nitrogens is 3. The minimum absolute atomic E-state index is 0.135. The number of hydrogen-bond acceptors (Lipinski definition) is 5. The number of rotatable bonds is 7. The van der Waals surface area contributed by atoms with Crippen molar-refractivity contribution in [3.8, 4) is 0 Å². The van der Waals surface area contributed by atoms with E-state index in [2.05, 4.69) is 10.3 Å². The number of carbonyl (C=O) groups is 1. The first-order chi connectivity index (χ1) is 7.67. The van der Waals surface area contributed by atoms with E-state index in [1.807, 2.05) is 13.8 Å². The lowest BCUT2D eigenvalue weighted by Crippen LogP contribution is -2.29. The molecule has 90 valence electrons. The number of aryl methyl sites for hydroxylation is 1. The predicted octanol–water partition coefficient (Wildman–Crippen LogP) is 0.326. The first-order valence-electron chi connectivity index (χ1n) is 5.28. The van der Waals surface area contributed by atoms with Crippen LogP contribution in [0.4, 0.5) is 0 Å². The first-order valence-corrected chi connectivity index (χ1v) is 5.28. The van der Waals surface area contributed by atoms with E-state index in [0.717, 1.165) is 0 Å². The van der Waals surface area contributed by atoms with Crippen molar-refractivity contribution in [1.82, 2.24) is 15.0 Å². The van der Waals surface area contributed by atoms with Crippen LogP contribution in [0.1, 0.15) is 19.5 Å². The van der Waals surface area contributed by atoms with E-state index in [-0.39, 0.29) is 12.2 Å². The minimum Gasteiger partial charge on any atom is -0.346 e. The van der Waals surface area contributed by atoms with E-state index < -0.39 is 6.29 Å². The Morgan fingerprint density at radius 3 is 2.50 bits per heavy atom. The molecular formula is C10H17N3O3. The van der Waals surface area contributed by atoms with Gasteiger partial charge in [-0.05, 0) is 13.8 Å². The minimum atomic E-state index is -0.794. The monoisotopic (exact) mass is 227 g/mol. The molecule has 0 saturated heterocycles. The van der Waals surface area contributed by atoms with E-state index in [1.54, 1.807) is 17.9 Å². The molecule has 0 atom stereocenters. The van der Waals surface area contributed by atoms with Crippen molar-refractivity contribution in [2.24, 2.45) is 7.05 Å². The molecule has 0 aliphatic rings. The molecule has 0 spiro atoms. The molecule has 1 heterocycles. The van der Waals surface area contributed by atoms with Crippen LogP contribution in [0.3, 0.4) is 0 Å². The third kappa shape index (κ3) is 3.71. The molecule has 0 bridgehead atoms. The highest BCUT2D eigenvalue weighted by Gasteiger charge is 2.20. The van der Waals surface area contributed by atoms with Gasteiger partial charge in [-0.15, -0.1) is 5.10 Å². The zero-order chi connectivity index (χ0) is 12.0. The molecular weight excluding hydrogens is 210 g/mol. The van der Waals surface area contributed by atoms with Crippen LogP contribution < -0.4 is 0 Å². The van der Waals surface area contributed by atoms with Gasteiger partial charge in [-0.2, -0.15) is 0 Å². The van der Waals surface area contributed by atoms with Crippen LogP contribution in [-0.4, -0.2) is 40.3 Å². The lowest BCUT2D eigenvalue weighted by Gasteiger charge is -2.14. The van der Waals surface area contributed by atoms with Crippen molar-refractivity contribution in [3.05, 3.63) is 11.9 Å². The molecule has 0 aromatic carbocycles. The number of ketones is 1. The number of carbonyl (C=O) groups excluding carboxylic acids is 1. The third-order valence-corrected chi connectivity index (χ3v) is 1.90. The van der Waals surface area contributed by atoms with Gasteiger partial charge in [-0.3, -0.25) is 9.48 Å². The lowest BCUT2D eigenvalue weighted by molar-refractivity contribution is -0.167. The maximum Gasteiger partial charge on any atom is 0.218 e. The molecule has 1 aromatic rings. The fourth-order valence-corrected chi connectivity index (χ4v) is 1.27. The number of nitrogens with zero attached hydrogens (tertiary/aromatic N) is 3. The molecule has 1 aromatic heterocycles. The summed E-state index contributed by atoms with van der Waals surface area (Å²) < 4.78 is 11.9. The van der Waals surface area contributed by atoms with Crippen LogP contribution in [0, 0.1) is 0 Å². The van der Waals surface area contributed by atoms with E-state index in [4.69, 9.17) is 9.47 Å². The van der Waals surface area contributed by atoms with Gasteiger partial charge < -0.3 is 9.47 Å². The smallest absolute Gasteiger partial charge is 0.218 e. The summed E-state index contributed by atoms with van der Waals surface area (Å²) in [5.41, 5.74) is 0.622. The van der Waals surface area contributed by atoms with Gasteiger partial charge in [0.25, 0.3) is 0 Å². The first kappa shape index (κ1) is 12.8. The summed E-state index contributed by atoms with van der Waals surface area (Å²) in [6.45, 7) is 4.52. The second-order valence-corrected chi connectivity index (χ2v) is 3.27. The Hall–Kier alpha value is -1.27. The average Bonchev–Trinajstić information content (AvgIpc) is 2.63. The van der Waals surface area contributed by atoms with Crippen LogP contribution in [0.2, 0.25) is 0 Å². The summed E-state index contributed by atoms with van der Waals surface area (Å²) in [7, 11) is 1.75. The van der Waals surface area contributed by atoms with Crippen molar-refractivity contribution in [2.45, 2.75) is 26.6 Å². The molecule has 0 fully saturated rings. The van der Waals surface area contributed by atoms with Crippen LogP contribution in [0.15, 0.2) is 6.20 Å². The van der Waals surface area contributed by atoms with Gasteiger partial charge in [0.15, 0.2) is 5.78 Å². The van der Waals surface area contributed by atoms with Gasteiger partial charge in [0.05, 0.1) is 12.1 Å². The Balaban J connectivity index is 2.54. The van der Waals surface area contributed by atoms with E-state index in [0.29, 0.717) is 18.9 Å². The molecule has 0 saturated carbocycles. The fourth-order valence-electron chi connectivity index (χ4n) is 1.27. The summed E-state index contributed by atoms with van der Waals surface area (Å²) >= 11 is 0. The Kier molecular flexibility index (Phi) is 5.07. The van der Waals surface area contributed by atoms with Crippen LogP contribution in [0.5, 0.6) is 0 Å². The number of Topliss-reactive ketones (excluding diaryl/α,β-unsaturated/α-hetero) is 1. The molecule has 0 unspecified atom stereocenters. The van der Waals surface area contributed by atoms with Gasteiger partial charge in [-0.25, -0.2) is 0 Å². The Morgan fingerprint density at radius 1 is 1.44 bits per heavy atom. The molecule has 1 rings (SSSR count). The molecule has 0 aliphatic carbocycles. The topological polar surface area (TPSA) is 66.2 Å². The normalized spacial score (nSPS) is 11.0. The van der Waals surface area contributed by atoms with Crippen LogP contribution in [-0.2, 0) is 27.7 Å². The Bertz CT molecular complexity index is 332. The zero-order valence-electron chi connectivity index (χ0n) is 9.84. The maximum absolute atomic E-state index is 11.8. The van der Waals surface area contributed by atoms with Gasteiger partial charge in [0, 0.05) is 26.5 Å². The van der Waals surface area contributed by atoms with Gasteiger partial charge in [0.1, 0.15) is 0 Å². The van der Waals surface area contributed by atoms with E-state index in [1.165, 1.54) is 0 Å². The lowest BCUT2D eigenvalue weighted by atomic mass is 10.2. The summed E-state index contributed by atoms with van der Waals surface area (Å²) in [5.74, 6) is -0.135. The molecule has 6 heteroatoms. The number of hydrogen-bond donors (Lipinski definition) is 0. The summed E-state index contributed by atoms with van der Waals surface area (Å²) in [4.78, 5) is 11.8. The third-order valence-electron chi connectivity index (χ3n) is 1.90. The largest absolute Gasteiger partial charge is 0.346 e. The zero-order valence-corrected chi connectivity index (χ0v) is 9.84. The van der Waals surface area contributed by atoms with Crippen molar-refractivity contribution >= 4 is 5.78 Å². The standard InChI is InChI=1S/C10H17N3O3/c1-4-15-10(16-5-2)9(14)6-8-7-13(3)12-11-8/h7,10H,4-6H2,1-3H3. The molecule has 0 aliphatic heterocycles. The Morgan fingerprint density at radius 2 is 2.06 bits per heavy atom. The van der Waals surface area contributed by atoms with Gasteiger partial charge in [0.2, 0.25) is 6.29 Å². The van der Waals surface area contributed by atoms with Crippen LogP contribution >= 0.6 is 0 Å². The quantitative estimate of drug-likeness (QED) is 0.628. The van der Waals surface area contributed by atoms with E-state index >= 15 is 0 Å². The SMILES string of the molecule is CCOC(OCC)C(=O)Cc1cn(C)nn1. The highest BCUT2D eigenvalue weighted by atomic mass is 16.7. The summed E-state index contributed by atoms with van der Waals surface area (Å²) in [5, 5.41) is 7.59. The van der Waals surface area contributed by atoms with Crippen molar-refractivity contribution in [1.29, 1.82) is 0 Å². The molecule has 16 heavy (non-hydrogen) atoms. The van der Waals surface area contributed by atoms with E-state index in [9.17, 15) is 4.79 Å². The van der Waals surface area contributed by atoms with Crippen molar-refractivity contribution in [2.75, 3.05) is 13.2 Å². The maximum atomic E-state index is 11.8. The Labute approximate surface area is 94.5 Å². The van der Waals surface area contributed by atoms with Crippen molar-refractivity contribution in [3.63, 3.8) is 0 Å². The van der Waals surface area contributed by atoms with Gasteiger partial charge in [-0.1, -0.05) is 5.21 Å².